The van der Waals surface area contributed by atoms with Crippen LogP contribution in [0.3, 0.4) is 0 Å². The minimum absolute atomic E-state index is 0.223. The number of nitrogens with one attached hydrogen (secondary N) is 2. The molecule has 3 aromatic rings. The van der Waals surface area contributed by atoms with Gasteiger partial charge in [-0.1, -0.05) is 49.4 Å². The van der Waals surface area contributed by atoms with Gasteiger partial charge in [0.2, 0.25) is 5.91 Å². The Bertz CT molecular complexity index is 1190. The average Bonchev–Trinajstić information content (AvgIpc) is 3.04. The lowest BCUT2D eigenvalue weighted by Crippen LogP contribution is -2.55. The predicted molar refractivity (Wildman–Crippen MR) is 131 cm³/mol. The first-order valence-electron chi connectivity index (χ1n) is 11.7. The fourth-order valence-electron chi connectivity index (χ4n) is 4.97. The van der Waals surface area contributed by atoms with Crippen LogP contribution in [0.25, 0.3) is 11.1 Å². The molecule has 0 fully saturated rings. The molecule has 1 aliphatic carbocycles. The minimum atomic E-state index is -0.651. The lowest BCUT2D eigenvalue weighted by molar-refractivity contribution is -0.119. The Kier molecular flexibility index (Phi) is 6.82. The molecule has 3 atom stereocenters. The molecule has 4 N–H and O–H groups in total. The second-order valence-corrected chi connectivity index (χ2v) is 9.24. The van der Waals surface area contributed by atoms with Crippen molar-refractivity contribution in [1.82, 2.24) is 10.6 Å². The van der Waals surface area contributed by atoms with E-state index >= 15 is 0 Å². The summed E-state index contributed by atoms with van der Waals surface area (Å²) in [6, 6.07) is 17.3. The third-order valence-electron chi connectivity index (χ3n) is 6.76. The summed E-state index contributed by atoms with van der Waals surface area (Å²) < 4.78 is 27.4. The molecule has 3 aromatic carbocycles. The molecule has 0 bridgehead atoms. The Labute approximate surface area is 199 Å². The summed E-state index contributed by atoms with van der Waals surface area (Å²) in [4.78, 5) is 11.9. The quantitative estimate of drug-likeness (QED) is 0.463. The van der Waals surface area contributed by atoms with Crippen LogP contribution in [0, 0.1) is 11.6 Å². The molecule has 1 unspecified atom stereocenters. The summed E-state index contributed by atoms with van der Waals surface area (Å²) in [6.07, 6.45) is 1.16. The number of fused-ring (bicyclic) bond motifs is 3. The first-order chi connectivity index (χ1) is 16.2. The highest BCUT2D eigenvalue weighted by Crippen LogP contribution is 2.47. The molecule has 4 rings (SSSR count). The highest BCUT2D eigenvalue weighted by molar-refractivity contribution is 5.81. The first-order valence-corrected chi connectivity index (χ1v) is 11.7. The van der Waals surface area contributed by atoms with Crippen molar-refractivity contribution in [2.24, 2.45) is 5.73 Å². The molecule has 0 spiro atoms. The third kappa shape index (κ3) is 4.74. The molecule has 0 radical (unpaired) electrons. The maximum atomic E-state index is 13.7. The lowest BCUT2D eigenvalue weighted by Gasteiger charge is -2.33. The molecule has 0 saturated heterocycles. The molecule has 0 aliphatic heterocycles. The smallest absolute Gasteiger partial charge is 0.217 e. The minimum Gasteiger partial charge on any atom is -0.352 e. The molecule has 178 valence electrons. The largest absolute Gasteiger partial charge is 0.352 e. The van der Waals surface area contributed by atoms with E-state index in [0.717, 1.165) is 12.5 Å². The molecule has 4 nitrogen and oxygen atoms in total. The summed E-state index contributed by atoms with van der Waals surface area (Å²) in [7, 11) is 0. The number of rotatable bonds is 8. The maximum absolute atomic E-state index is 13.7. The van der Waals surface area contributed by atoms with Crippen LogP contribution in [-0.2, 0) is 23.2 Å². The van der Waals surface area contributed by atoms with Gasteiger partial charge in [0, 0.05) is 31.6 Å². The topological polar surface area (TPSA) is 67.2 Å². The van der Waals surface area contributed by atoms with Crippen molar-refractivity contribution in [3.8, 4) is 11.1 Å². The second-order valence-electron chi connectivity index (χ2n) is 9.24. The second kappa shape index (κ2) is 9.65. The van der Waals surface area contributed by atoms with Crippen LogP contribution in [0.1, 0.15) is 43.0 Å². The fraction of sp³-hybridized carbons (Fsp3) is 0.321. The van der Waals surface area contributed by atoms with Crippen molar-refractivity contribution >= 4 is 5.91 Å². The van der Waals surface area contributed by atoms with Gasteiger partial charge in [0.05, 0.1) is 5.54 Å². The number of hydrogen-bond donors (Lipinski definition) is 3. The fourth-order valence-corrected chi connectivity index (χ4v) is 4.97. The Morgan fingerprint density at radius 1 is 0.971 bits per heavy atom. The van der Waals surface area contributed by atoms with Crippen molar-refractivity contribution in [2.75, 3.05) is 6.54 Å². The Balaban J connectivity index is 1.60. The van der Waals surface area contributed by atoms with Crippen LogP contribution >= 0.6 is 0 Å². The van der Waals surface area contributed by atoms with Gasteiger partial charge in [-0.05, 0) is 65.3 Å². The Morgan fingerprint density at radius 3 is 2.32 bits per heavy atom. The van der Waals surface area contributed by atoms with Crippen molar-refractivity contribution in [3.05, 3.63) is 94.6 Å². The van der Waals surface area contributed by atoms with E-state index in [0.29, 0.717) is 12.1 Å². The van der Waals surface area contributed by atoms with Gasteiger partial charge in [-0.2, -0.15) is 0 Å². The zero-order valence-electron chi connectivity index (χ0n) is 19.8. The number of amides is 1. The van der Waals surface area contributed by atoms with E-state index in [1.807, 2.05) is 12.1 Å². The zero-order valence-corrected chi connectivity index (χ0v) is 19.8. The molecular formula is C28H31F2N3O. The molecule has 6 heteroatoms. The van der Waals surface area contributed by atoms with E-state index in [4.69, 9.17) is 5.73 Å². The zero-order chi connectivity index (χ0) is 24.5. The van der Waals surface area contributed by atoms with E-state index in [9.17, 15) is 13.6 Å². The number of hydrogen-bond acceptors (Lipinski definition) is 3. The maximum Gasteiger partial charge on any atom is 0.217 e. The Morgan fingerprint density at radius 2 is 1.65 bits per heavy atom. The van der Waals surface area contributed by atoms with Crippen LogP contribution in [0.5, 0.6) is 0 Å². The van der Waals surface area contributed by atoms with Crippen LogP contribution < -0.4 is 16.4 Å². The molecule has 1 amide bonds. The summed E-state index contributed by atoms with van der Waals surface area (Å²) in [5.74, 6) is -1.55. The van der Waals surface area contributed by atoms with E-state index in [2.05, 4.69) is 54.8 Å². The molecule has 1 aliphatic rings. The summed E-state index contributed by atoms with van der Waals surface area (Å²) in [5.41, 5.74) is 12.6. The van der Waals surface area contributed by atoms with Gasteiger partial charge in [-0.3, -0.25) is 4.79 Å². The van der Waals surface area contributed by atoms with Gasteiger partial charge in [0.25, 0.3) is 0 Å². The number of halogens is 2. The predicted octanol–water partition coefficient (Wildman–Crippen LogP) is 4.44. The third-order valence-corrected chi connectivity index (χ3v) is 6.76. The van der Waals surface area contributed by atoms with Crippen LogP contribution in [0.15, 0.2) is 60.7 Å². The van der Waals surface area contributed by atoms with Gasteiger partial charge in [0.1, 0.15) is 11.6 Å². The van der Waals surface area contributed by atoms with E-state index < -0.39 is 29.3 Å². The number of carbonyl (C=O) groups excluding carboxylic acids is 1. The van der Waals surface area contributed by atoms with Crippen LogP contribution in [0.2, 0.25) is 0 Å². The van der Waals surface area contributed by atoms with E-state index in [1.165, 1.54) is 46.9 Å². The van der Waals surface area contributed by atoms with Gasteiger partial charge in [0.15, 0.2) is 0 Å². The molecule has 0 saturated carbocycles. The number of aryl methyl sites for hydroxylation is 1. The summed E-state index contributed by atoms with van der Waals surface area (Å²) >= 11 is 0. The van der Waals surface area contributed by atoms with Crippen molar-refractivity contribution in [1.29, 1.82) is 0 Å². The number of nitrogens with two attached hydrogens (primary N) is 1. The number of carbonyl (C=O) groups is 1. The average molecular weight is 464 g/mol. The molecule has 34 heavy (non-hydrogen) atoms. The molecule has 0 heterocycles. The standard InChI is InChI=1S/C28H31F2N3O/c1-4-18-9-10-23-22-7-5-6-8-24(22)28(3,25(23)13-18)32-16-26(31)27(33-17(2)34)14-19-11-20(29)15-21(30)12-19/h5-13,15,26-27,32H,4,14,16,31H2,1-3H3,(H,33,34)/t26-,27-,28?/m0/s1. The molecule has 0 aromatic heterocycles. The van der Waals surface area contributed by atoms with Crippen molar-refractivity contribution in [2.45, 2.75) is 51.2 Å². The van der Waals surface area contributed by atoms with Gasteiger partial charge < -0.3 is 16.4 Å². The van der Waals surface area contributed by atoms with Gasteiger partial charge >= 0.3 is 0 Å². The van der Waals surface area contributed by atoms with Gasteiger partial charge in [-0.15, -0.1) is 0 Å². The lowest BCUT2D eigenvalue weighted by atomic mass is 9.87. The highest BCUT2D eigenvalue weighted by Gasteiger charge is 2.39. The monoisotopic (exact) mass is 463 g/mol. The van der Waals surface area contributed by atoms with Crippen LogP contribution in [0.4, 0.5) is 8.78 Å². The normalized spacial score (nSPS) is 18.2. The number of benzene rings is 3. The van der Waals surface area contributed by atoms with Crippen molar-refractivity contribution in [3.63, 3.8) is 0 Å². The van der Waals surface area contributed by atoms with Gasteiger partial charge in [-0.25, -0.2) is 8.78 Å². The SMILES string of the molecule is CCc1ccc2c(c1)C(C)(NC[C@H](N)[C@H](Cc1cc(F)cc(F)c1)NC(C)=O)c1ccccc1-2. The Hall–Kier alpha value is -3.09. The molecular weight excluding hydrogens is 432 g/mol. The van der Waals surface area contributed by atoms with E-state index in [-0.39, 0.29) is 12.3 Å². The van der Waals surface area contributed by atoms with Crippen LogP contribution in [-0.4, -0.2) is 24.5 Å². The summed E-state index contributed by atoms with van der Waals surface area (Å²) in [6.45, 7) is 6.09. The van der Waals surface area contributed by atoms with E-state index in [1.54, 1.807) is 0 Å². The van der Waals surface area contributed by atoms with Crippen molar-refractivity contribution < 1.29 is 13.6 Å². The summed E-state index contributed by atoms with van der Waals surface area (Å²) in [5, 5.41) is 6.52. The highest BCUT2D eigenvalue weighted by atomic mass is 19.1. The first kappa shape index (κ1) is 24.0.